The number of hydrogen-bond donors (Lipinski definition) is 0. The lowest BCUT2D eigenvalue weighted by Gasteiger charge is -2.28. The van der Waals surface area contributed by atoms with Gasteiger partial charge in [-0.25, -0.2) is 0 Å². The molecule has 0 unspecified atom stereocenters. The summed E-state index contributed by atoms with van der Waals surface area (Å²) >= 11 is 0. The molecule has 0 aromatic rings. The van der Waals surface area contributed by atoms with E-state index >= 15 is 0 Å². The molecule has 0 fully saturated rings. The summed E-state index contributed by atoms with van der Waals surface area (Å²) in [5, 5.41) is 10.6. The molecule has 0 aromatic carbocycles. The van der Waals surface area contributed by atoms with Gasteiger partial charge < -0.3 is 14.4 Å². The SMILES string of the molecule is CC/C(=C(/C)C(=O)[O-])[N+](C)(C)C. The highest BCUT2D eigenvalue weighted by atomic mass is 16.4. The maximum atomic E-state index is 10.6. The molecule has 3 nitrogen and oxygen atoms in total. The van der Waals surface area contributed by atoms with Gasteiger partial charge in [-0.3, -0.25) is 0 Å². The summed E-state index contributed by atoms with van der Waals surface area (Å²) in [4.78, 5) is 10.6. The second kappa shape index (κ2) is 3.72. The highest BCUT2D eigenvalue weighted by Gasteiger charge is 2.17. The van der Waals surface area contributed by atoms with Gasteiger partial charge in [0.05, 0.1) is 27.1 Å². The van der Waals surface area contributed by atoms with Crippen LogP contribution in [0.5, 0.6) is 0 Å². The van der Waals surface area contributed by atoms with Crippen molar-refractivity contribution in [2.45, 2.75) is 20.3 Å². The number of nitrogens with zero attached hydrogens (tertiary/aromatic N) is 1. The lowest BCUT2D eigenvalue weighted by molar-refractivity contribution is -0.833. The minimum Gasteiger partial charge on any atom is -0.545 e. The molecule has 0 rings (SSSR count). The van der Waals surface area contributed by atoms with E-state index in [2.05, 4.69) is 0 Å². The Hall–Kier alpha value is -0.830. The number of carbonyl (C=O) groups excluding carboxylic acids is 1. The highest BCUT2D eigenvalue weighted by molar-refractivity contribution is 5.84. The summed E-state index contributed by atoms with van der Waals surface area (Å²) < 4.78 is 0.552. The molecule has 0 bridgehead atoms. The van der Waals surface area contributed by atoms with E-state index in [-0.39, 0.29) is 0 Å². The zero-order chi connectivity index (χ0) is 9.94. The molecule has 0 N–H and O–H groups in total. The molecule has 0 aliphatic carbocycles. The van der Waals surface area contributed by atoms with Crippen LogP contribution in [0, 0.1) is 0 Å². The summed E-state index contributed by atoms with van der Waals surface area (Å²) in [6.45, 7) is 3.54. The van der Waals surface area contributed by atoms with Crippen LogP contribution in [0.15, 0.2) is 11.3 Å². The minimum absolute atomic E-state index is 0.352. The Labute approximate surface area is 73.9 Å². The van der Waals surface area contributed by atoms with Gasteiger partial charge in [0.15, 0.2) is 0 Å². The molecular weight excluding hydrogens is 154 g/mol. The Kier molecular flexibility index (Phi) is 3.46. The predicted molar refractivity (Wildman–Crippen MR) is 46.0 cm³/mol. The predicted octanol–water partition coefficient (Wildman–Crippen LogP) is 0.126. The lowest BCUT2D eigenvalue weighted by atomic mass is 10.1. The molecular formula is C9H17NO2. The monoisotopic (exact) mass is 171 g/mol. The summed E-state index contributed by atoms with van der Waals surface area (Å²) in [7, 11) is 5.85. The number of carboxylic acid groups (broad SMARTS) is 1. The molecule has 70 valence electrons. The molecule has 0 radical (unpaired) electrons. The Morgan fingerprint density at radius 3 is 1.83 bits per heavy atom. The van der Waals surface area contributed by atoms with Crippen molar-refractivity contribution in [1.82, 2.24) is 0 Å². The van der Waals surface area contributed by atoms with Crippen LogP contribution < -0.4 is 5.11 Å². The van der Waals surface area contributed by atoms with E-state index in [9.17, 15) is 9.90 Å². The zero-order valence-corrected chi connectivity index (χ0v) is 8.47. The number of rotatable bonds is 3. The summed E-state index contributed by atoms with van der Waals surface area (Å²) in [6, 6.07) is 0. The first-order chi connectivity index (χ1) is 5.30. The topological polar surface area (TPSA) is 40.1 Å². The molecule has 0 amide bonds. The average molecular weight is 171 g/mol. The molecule has 0 aliphatic rings. The van der Waals surface area contributed by atoms with Crippen molar-refractivity contribution in [3.8, 4) is 0 Å². The second-order valence-electron chi connectivity index (χ2n) is 3.73. The van der Waals surface area contributed by atoms with Crippen LogP contribution in [0.3, 0.4) is 0 Å². The van der Waals surface area contributed by atoms with Gasteiger partial charge in [0.25, 0.3) is 0 Å². The third-order valence-corrected chi connectivity index (χ3v) is 1.88. The lowest BCUT2D eigenvalue weighted by Crippen LogP contribution is -2.37. The standard InChI is InChI=1S/C9H17NO2/c1-6-8(10(3,4)5)7(2)9(11)12/h6H2,1-5H3/b8-7+. The van der Waals surface area contributed by atoms with Crippen molar-refractivity contribution in [2.24, 2.45) is 0 Å². The molecule has 3 heteroatoms. The van der Waals surface area contributed by atoms with Gasteiger partial charge in [-0.2, -0.15) is 0 Å². The van der Waals surface area contributed by atoms with E-state index in [0.717, 1.165) is 12.1 Å². The third-order valence-electron chi connectivity index (χ3n) is 1.88. The van der Waals surface area contributed by atoms with Crippen LogP contribution in [0.25, 0.3) is 0 Å². The van der Waals surface area contributed by atoms with Gasteiger partial charge in [-0.1, -0.05) is 6.92 Å². The van der Waals surface area contributed by atoms with Crippen molar-refractivity contribution in [3.05, 3.63) is 11.3 Å². The molecule has 0 atom stereocenters. The van der Waals surface area contributed by atoms with E-state index in [1.54, 1.807) is 6.92 Å². The second-order valence-corrected chi connectivity index (χ2v) is 3.73. The van der Waals surface area contributed by atoms with Crippen LogP contribution in [-0.4, -0.2) is 31.6 Å². The van der Waals surface area contributed by atoms with Gasteiger partial charge in [0, 0.05) is 12.0 Å². The van der Waals surface area contributed by atoms with Crippen LogP contribution in [0.4, 0.5) is 0 Å². The molecule has 0 saturated heterocycles. The van der Waals surface area contributed by atoms with E-state index < -0.39 is 5.97 Å². The summed E-state index contributed by atoms with van der Waals surface area (Å²) in [6.07, 6.45) is 0.739. The third kappa shape index (κ3) is 2.66. The maximum Gasteiger partial charge on any atom is 0.113 e. The fraction of sp³-hybridized carbons (Fsp3) is 0.667. The van der Waals surface area contributed by atoms with Crippen LogP contribution in [-0.2, 0) is 4.79 Å². The Morgan fingerprint density at radius 2 is 1.75 bits per heavy atom. The normalized spacial score (nSPS) is 14.1. The van der Waals surface area contributed by atoms with Crippen molar-refractivity contribution < 1.29 is 14.4 Å². The molecule has 0 spiro atoms. The van der Waals surface area contributed by atoms with Crippen molar-refractivity contribution >= 4 is 5.97 Å². The number of carboxylic acids is 1. The number of hydrogen-bond acceptors (Lipinski definition) is 2. The van der Waals surface area contributed by atoms with Crippen LogP contribution >= 0.6 is 0 Å². The number of allylic oxidation sites excluding steroid dienone is 1. The fourth-order valence-corrected chi connectivity index (χ4v) is 1.36. The Morgan fingerprint density at radius 1 is 1.33 bits per heavy atom. The number of quaternary nitrogens is 1. The zero-order valence-electron chi connectivity index (χ0n) is 8.47. The number of carbonyl (C=O) groups is 1. The van der Waals surface area contributed by atoms with Crippen molar-refractivity contribution in [1.29, 1.82) is 0 Å². The van der Waals surface area contributed by atoms with Gasteiger partial charge in [0.1, 0.15) is 5.70 Å². The minimum atomic E-state index is -1.07. The molecule has 12 heavy (non-hydrogen) atoms. The van der Waals surface area contributed by atoms with E-state index in [4.69, 9.17) is 0 Å². The quantitative estimate of drug-likeness (QED) is 0.447. The largest absolute Gasteiger partial charge is 0.545 e. The van der Waals surface area contributed by atoms with E-state index in [1.807, 2.05) is 28.1 Å². The van der Waals surface area contributed by atoms with Crippen LogP contribution in [0.1, 0.15) is 20.3 Å². The summed E-state index contributed by atoms with van der Waals surface area (Å²) in [5.41, 5.74) is 1.25. The molecule has 0 heterocycles. The molecule has 0 aliphatic heterocycles. The Balaban J connectivity index is 5.01. The highest BCUT2D eigenvalue weighted by Crippen LogP contribution is 2.16. The maximum absolute atomic E-state index is 10.6. The smallest absolute Gasteiger partial charge is 0.113 e. The van der Waals surface area contributed by atoms with Crippen molar-refractivity contribution in [3.63, 3.8) is 0 Å². The van der Waals surface area contributed by atoms with Gasteiger partial charge in [0.2, 0.25) is 0 Å². The fourth-order valence-electron chi connectivity index (χ4n) is 1.36. The number of aliphatic carboxylic acids is 1. The average Bonchev–Trinajstić information content (AvgIpc) is 1.85. The first kappa shape index (κ1) is 11.2. The van der Waals surface area contributed by atoms with Crippen molar-refractivity contribution in [2.75, 3.05) is 21.1 Å². The first-order valence-corrected chi connectivity index (χ1v) is 4.03. The molecule has 0 saturated carbocycles. The van der Waals surface area contributed by atoms with Gasteiger partial charge >= 0.3 is 0 Å². The summed E-state index contributed by atoms with van der Waals surface area (Å²) in [5.74, 6) is -1.07. The van der Waals surface area contributed by atoms with Gasteiger partial charge in [-0.05, 0) is 6.92 Å². The van der Waals surface area contributed by atoms with E-state index in [1.165, 1.54) is 0 Å². The Bertz CT molecular complexity index is 211. The van der Waals surface area contributed by atoms with E-state index in [0.29, 0.717) is 10.1 Å². The first-order valence-electron chi connectivity index (χ1n) is 4.03. The molecule has 0 aromatic heterocycles. The van der Waals surface area contributed by atoms with Crippen LogP contribution in [0.2, 0.25) is 0 Å². The van der Waals surface area contributed by atoms with Gasteiger partial charge in [-0.15, -0.1) is 0 Å².